The molecule has 4 N–H and O–H groups in total. The summed E-state index contributed by atoms with van der Waals surface area (Å²) in [6.45, 7) is 3.40. The number of benzene rings is 1. The minimum atomic E-state index is -0.618. The lowest BCUT2D eigenvalue weighted by molar-refractivity contribution is -0.124. The van der Waals surface area contributed by atoms with Crippen LogP contribution in [0, 0.1) is 6.92 Å². The van der Waals surface area contributed by atoms with Crippen molar-refractivity contribution < 1.29 is 9.59 Å². The Morgan fingerprint density at radius 3 is 2.58 bits per heavy atom. The molecule has 0 radical (unpaired) electrons. The van der Waals surface area contributed by atoms with Gasteiger partial charge in [-0.1, -0.05) is 15.9 Å². The second-order valence-corrected chi connectivity index (χ2v) is 4.87. The molecule has 0 aromatic heterocycles. The summed E-state index contributed by atoms with van der Waals surface area (Å²) in [5.74, 6) is -0.636. The maximum absolute atomic E-state index is 11.6. The molecule has 5 nitrogen and oxygen atoms in total. The lowest BCUT2D eigenvalue weighted by atomic mass is 10.2. The van der Waals surface area contributed by atoms with Crippen LogP contribution in [0.1, 0.15) is 12.5 Å². The van der Waals surface area contributed by atoms with Crippen LogP contribution in [0.15, 0.2) is 22.7 Å². The van der Waals surface area contributed by atoms with Crippen LogP contribution in [0.2, 0.25) is 0 Å². The number of anilines is 1. The molecule has 0 aliphatic heterocycles. The quantitative estimate of drug-likeness (QED) is 0.771. The van der Waals surface area contributed by atoms with E-state index in [4.69, 9.17) is 5.73 Å². The molecule has 1 rings (SSSR count). The number of hydrogen-bond donors (Lipinski definition) is 3. The number of halogens is 2. The highest BCUT2D eigenvalue weighted by molar-refractivity contribution is 9.10. The Morgan fingerprint density at radius 2 is 2.05 bits per heavy atom. The van der Waals surface area contributed by atoms with E-state index in [0.717, 1.165) is 10.0 Å². The Balaban J connectivity index is 0.00000324. The maximum atomic E-state index is 11.6. The average Bonchev–Trinajstić information content (AvgIpc) is 2.30. The van der Waals surface area contributed by atoms with Gasteiger partial charge in [0.1, 0.15) is 0 Å². The van der Waals surface area contributed by atoms with E-state index >= 15 is 0 Å². The summed E-state index contributed by atoms with van der Waals surface area (Å²) in [5.41, 5.74) is 7.07. The normalized spacial score (nSPS) is 11.2. The largest absolute Gasteiger partial charge is 0.346 e. The molecule has 7 heteroatoms. The van der Waals surface area contributed by atoms with Gasteiger partial charge in [-0.05, 0) is 37.6 Å². The summed E-state index contributed by atoms with van der Waals surface area (Å²) in [7, 11) is 0. The number of nitrogens with two attached hydrogens (primary N) is 1. The SMILES string of the molecule is Cc1cc(NC(=O)CNC(=O)[C@H](C)N)ccc1Br.Cl. The minimum absolute atomic E-state index is 0. The van der Waals surface area contributed by atoms with Crippen molar-refractivity contribution in [2.24, 2.45) is 5.73 Å². The van der Waals surface area contributed by atoms with E-state index in [-0.39, 0.29) is 30.8 Å². The number of carbonyl (C=O) groups excluding carboxylic acids is 2. The summed E-state index contributed by atoms with van der Waals surface area (Å²) < 4.78 is 0.978. The molecule has 1 aromatic rings. The van der Waals surface area contributed by atoms with E-state index < -0.39 is 6.04 Å². The van der Waals surface area contributed by atoms with Gasteiger partial charge in [0.05, 0.1) is 12.6 Å². The molecule has 0 spiro atoms. The molecule has 0 aliphatic rings. The zero-order valence-corrected chi connectivity index (χ0v) is 13.1. The van der Waals surface area contributed by atoms with Gasteiger partial charge < -0.3 is 16.4 Å². The van der Waals surface area contributed by atoms with E-state index in [1.807, 2.05) is 19.1 Å². The Hall–Kier alpha value is -1.11. The van der Waals surface area contributed by atoms with Gasteiger partial charge in [0.15, 0.2) is 0 Å². The van der Waals surface area contributed by atoms with Crippen molar-refractivity contribution in [2.45, 2.75) is 19.9 Å². The molecule has 0 bridgehead atoms. The average molecular weight is 351 g/mol. The molecule has 106 valence electrons. The molecule has 0 aliphatic carbocycles. The molecule has 1 atom stereocenters. The highest BCUT2D eigenvalue weighted by Gasteiger charge is 2.09. The van der Waals surface area contributed by atoms with Crippen LogP contribution in [-0.2, 0) is 9.59 Å². The molecule has 0 unspecified atom stereocenters. The van der Waals surface area contributed by atoms with Gasteiger partial charge in [-0.15, -0.1) is 12.4 Å². The summed E-state index contributed by atoms with van der Waals surface area (Å²) in [6.07, 6.45) is 0. The molecule has 2 amide bonds. The molecule has 0 saturated heterocycles. The lowest BCUT2D eigenvalue weighted by Crippen LogP contribution is -2.41. The fourth-order valence-corrected chi connectivity index (χ4v) is 1.50. The minimum Gasteiger partial charge on any atom is -0.346 e. The zero-order valence-electron chi connectivity index (χ0n) is 10.7. The number of rotatable bonds is 4. The fraction of sp³-hybridized carbons (Fsp3) is 0.333. The third-order valence-electron chi connectivity index (χ3n) is 2.28. The Labute approximate surface area is 126 Å². The predicted octanol–water partition coefficient (Wildman–Crippen LogP) is 1.58. The first-order chi connectivity index (χ1) is 8.40. The van der Waals surface area contributed by atoms with E-state index in [1.54, 1.807) is 13.0 Å². The highest BCUT2D eigenvalue weighted by atomic mass is 79.9. The van der Waals surface area contributed by atoms with Crippen LogP contribution in [0.25, 0.3) is 0 Å². The summed E-state index contributed by atoms with van der Waals surface area (Å²) in [4.78, 5) is 22.7. The highest BCUT2D eigenvalue weighted by Crippen LogP contribution is 2.19. The van der Waals surface area contributed by atoms with Crippen molar-refractivity contribution in [3.8, 4) is 0 Å². The van der Waals surface area contributed by atoms with Crippen molar-refractivity contribution in [2.75, 3.05) is 11.9 Å². The van der Waals surface area contributed by atoms with Gasteiger partial charge in [0.25, 0.3) is 0 Å². The summed E-state index contributed by atoms with van der Waals surface area (Å²) in [5, 5.41) is 5.13. The first kappa shape index (κ1) is 17.9. The van der Waals surface area contributed by atoms with Gasteiger partial charge in [0.2, 0.25) is 11.8 Å². The summed E-state index contributed by atoms with van der Waals surface area (Å²) >= 11 is 3.38. The number of amides is 2. The van der Waals surface area contributed by atoms with Crippen molar-refractivity contribution >= 4 is 45.8 Å². The van der Waals surface area contributed by atoms with Gasteiger partial charge >= 0.3 is 0 Å². The third kappa shape index (κ3) is 6.04. The van der Waals surface area contributed by atoms with Crippen LogP contribution in [0.4, 0.5) is 5.69 Å². The van der Waals surface area contributed by atoms with Crippen LogP contribution >= 0.6 is 28.3 Å². The lowest BCUT2D eigenvalue weighted by Gasteiger charge is -2.09. The topological polar surface area (TPSA) is 84.2 Å². The van der Waals surface area contributed by atoms with E-state index in [1.165, 1.54) is 0 Å². The molecule has 0 fully saturated rings. The molecular weight excluding hydrogens is 334 g/mol. The van der Waals surface area contributed by atoms with Crippen LogP contribution in [-0.4, -0.2) is 24.4 Å². The van der Waals surface area contributed by atoms with Crippen LogP contribution in [0.3, 0.4) is 0 Å². The predicted molar refractivity (Wildman–Crippen MR) is 81.4 cm³/mol. The van der Waals surface area contributed by atoms with Crippen molar-refractivity contribution in [3.63, 3.8) is 0 Å². The molecular formula is C12H17BrClN3O2. The molecule has 19 heavy (non-hydrogen) atoms. The summed E-state index contributed by atoms with van der Waals surface area (Å²) in [6, 6.07) is 4.86. The number of hydrogen-bond acceptors (Lipinski definition) is 3. The van der Waals surface area contributed by atoms with Gasteiger partial charge in [0, 0.05) is 10.2 Å². The second kappa shape index (κ2) is 8.14. The van der Waals surface area contributed by atoms with Gasteiger partial charge in [-0.2, -0.15) is 0 Å². The van der Waals surface area contributed by atoms with Crippen molar-refractivity contribution in [3.05, 3.63) is 28.2 Å². The number of aryl methyl sites for hydroxylation is 1. The van der Waals surface area contributed by atoms with Gasteiger partial charge in [-0.25, -0.2) is 0 Å². The smallest absolute Gasteiger partial charge is 0.243 e. The van der Waals surface area contributed by atoms with Crippen molar-refractivity contribution in [1.82, 2.24) is 5.32 Å². The Morgan fingerprint density at radius 1 is 1.42 bits per heavy atom. The van der Waals surface area contributed by atoms with Crippen LogP contribution in [0.5, 0.6) is 0 Å². The standard InChI is InChI=1S/C12H16BrN3O2.ClH/c1-7-5-9(3-4-10(7)13)16-11(17)6-15-12(18)8(2)14;/h3-5,8H,6,14H2,1-2H3,(H,15,18)(H,16,17);1H/t8-;/m0./s1. The first-order valence-electron chi connectivity index (χ1n) is 5.49. The number of carbonyl (C=O) groups is 2. The van der Waals surface area contributed by atoms with Crippen LogP contribution < -0.4 is 16.4 Å². The number of nitrogens with one attached hydrogen (secondary N) is 2. The molecule has 1 aromatic carbocycles. The zero-order chi connectivity index (χ0) is 13.7. The third-order valence-corrected chi connectivity index (χ3v) is 3.17. The first-order valence-corrected chi connectivity index (χ1v) is 6.28. The maximum Gasteiger partial charge on any atom is 0.243 e. The second-order valence-electron chi connectivity index (χ2n) is 4.02. The van der Waals surface area contributed by atoms with E-state index in [2.05, 4.69) is 26.6 Å². The van der Waals surface area contributed by atoms with Gasteiger partial charge in [-0.3, -0.25) is 9.59 Å². The Bertz CT molecular complexity index is 466. The van der Waals surface area contributed by atoms with E-state index in [9.17, 15) is 9.59 Å². The molecule has 0 saturated carbocycles. The Kier molecular flexibility index (Phi) is 7.66. The van der Waals surface area contributed by atoms with E-state index in [0.29, 0.717) is 5.69 Å². The molecule has 0 heterocycles. The monoisotopic (exact) mass is 349 g/mol. The fourth-order valence-electron chi connectivity index (χ4n) is 1.26. The van der Waals surface area contributed by atoms with Crippen molar-refractivity contribution in [1.29, 1.82) is 0 Å².